The highest BCUT2D eigenvalue weighted by atomic mass is 16.4. The van der Waals surface area contributed by atoms with E-state index in [0.717, 1.165) is 19.1 Å². The van der Waals surface area contributed by atoms with Crippen LogP contribution in [0.15, 0.2) is 16.7 Å². The van der Waals surface area contributed by atoms with E-state index in [4.69, 9.17) is 9.52 Å². The van der Waals surface area contributed by atoms with E-state index in [1.54, 1.807) is 11.9 Å². The molecule has 0 radical (unpaired) electrons. The molecule has 16 heavy (non-hydrogen) atoms. The molecule has 1 saturated carbocycles. The van der Waals surface area contributed by atoms with Crippen LogP contribution in [0.5, 0.6) is 0 Å². The standard InChI is InChI=1S/C11H13NO4/c1-12(5-7-2-3-7)10(13)9-4-8(6-16-9)11(14)15/h4,6-7H,2-3,5H2,1H3,(H,14,15). The number of carbonyl (C=O) groups excluding carboxylic acids is 1. The van der Waals surface area contributed by atoms with Gasteiger partial charge in [-0.2, -0.15) is 0 Å². The van der Waals surface area contributed by atoms with Gasteiger partial charge in [0.2, 0.25) is 0 Å². The van der Waals surface area contributed by atoms with Crippen LogP contribution in [0.25, 0.3) is 0 Å². The van der Waals surface area contributed by atoms with Gasteiger partial charge in [0.05, 0.1) is 5.56 Å². The Hall–Kier alpha value is -1.78. The first-order valence-corrected chi connectivity index (χ1v) is 5.15. The summed E-state index contributed by atoms with van der Waals surface area (Å²) in [6.45, 7) is 0.710. The average molecular weight is 223 g/mol. The van der Waals surface area contributed by atoms with Gasteiger partial charge in [-0.05, 0) is 18.8 Å². The van der Waals surface area contributed by atoms with E-state index in [1.165, 1.54) is 6.07 Å². The van der Waals surface area contributed by atoms with Crippen LogP contribution >= 0.6 is 0 Å². The first kappa shape index (κ1) is 10.7. The molecule has 0 saturated heterocycles. The largest absolute Gasteiger partial charge is 0.478 e. The summed E-state index contributed by atoms with van der Waals surface area (Å²) in [5, 5.41) is 8.69. The number of carbonyl (C=O) groups is 2. The summed E-state index contributed by atoms with van der Waals surface area (Å²) in [7, 11) is 1.70. The molecule has 1 aromatic heterocycles. The second kappa shape index (κ2) is 4.00. The molecule has 1 amide bonds. The number of rotatable bonds is 4. The molecule has 0 spiro atoms. The van der Waals surface area contributed by atoms with Gasteiger partial charge in [-0.3, -0.25) is 4.79 Å². The molecular formula is C11H13NO4. The Kier molecular flexibility index (Phi) is 2.68. The number of carboxylic acid groups (broad SMARTS) is 1. The van der Waals surface area contributed by atoms with Gasteiger partial charge in [-0.15, -0.1) is 0 Å². The summed E-state index contributed by atoms with van der Waals surface area (Å²) < 4.78 is 4.94. The van der Waals surface area contributed by atoms with Gasteiger partial charge in [0.1, 0.15) is 6.26 Å². The zero-order valence-electron chi connectivity index (χ0n) is 8.97. The molecule has 5 heteroatoms. The average Bonchev–Trinajstić information content (AvgIpc) is 2.91. The van der Waals surface area contributed by atoms with E-state index in [9.17, 15) is 9.59 Å². The molecule has 0 atom stereocenters. The van der Waals surface area contributed by atoms with Crippen molar-refractivity contribution in [3.05, 3.63) is 23.7 Å². The normalized spacial score (nSPS) is 14.8. The van der Waals surface area contributed by atoms with Gasteiger partial charge in [0.15, 0.2) is 5.76 Å². The molecule has 1 heterocycles. The quantitative estimate of drug-likeness (QED) is 0.838. The summed E-state index contributed by atoms with van der Waals surface area (Å²) in [5.41, 5.74) is 0.00294. The third kappa shape index (κ3) is 2.24. The van der Waals surface area contributed by atoms with Crippen LogP contribution < -0.4 is 0 Å². The number of carboxylic acids is 1. The zero-order chi connectivity index (χ0) is 11.7. The molecule has 5 nitrogen and oxygen atoms in total. The van der Waals surface area contributed by atoms with Gasteiger partial charge in [-0.1, -0.05) is 0 Å². The highest BCUT2D eigenvalue weighted by Crippen LogP contribution is 2.29. The number of aromatic carboxylic acids is 1. The fourth-order valence-corrected chi connectivity index (χ4v) is 1.52. The van der Waals surface area contributed by atoms with Gasteiger partial charge in [0, 0.05) is 19.7 Å². The molecule has 0 unspecified atom stereocenters. The monoisotopic (exact) mass is 223 g/mol. The van der Waals surface area contributed by atoms with Crippen LogP contribution in [-0.2, 0) is 0 Å². The number of hydrogen-bond acceptors (Lipinski definition) is 3. The number of amides is 1. The molecular weight excluding hydrogens is 210 g/mol. The van der Waals surface area contributed by atoms with Crippen molar-refractivity contribution in [2.75, 3.05) is 13.6 Å². The minimum absolute atomic E-state index is 0.00294. The van der Waals surface area contributed by atoms with Crippen molar-refractivity contribution in [2.24, 2.45) is 5.92 Å². The van der Waals surface area contributed by atoms with Crippen LogP contribution in [0.3, 0.4) is 0 Å². The first-order valence-electron chi connectivity index (χ1n) is 5.15. The minimum Gasteiger partial charge on any atom is -0.478 e. The minimum atomic E-state index is -1.09. The SMILES string of the molecule is CN(CC1CC1)C(=O)c1cc(C(=O)O)co1. The van der Waals surface area contributed by atoms with Crippen molar-refractivity contribution in [1.29, 1.82) is 0 Å². The zero-order valence-corrected chi connectivity index (χ0v) is 8.97. The van der Waals surface area contributed by atoms with Gasteiger partial charge < -0.3 is 14.4 Å². The molecule has 1 aliphatic rings. The summed E-state index contributed by atoms with van der Waals surface area (Å²) >= 11 is 0. The number of hydrogen-bond donors (Lipinski definition) is 1. The maximum absolute atomic E-state index is 11.8. The molecule has 1 N–H and O–H groups in total. The third-order valence-corrected chi connectivity index (χ3v) is 2.63. The Bertz CT molecular complexity index is 419. The number of nitrogens with zero attached hydrogens (tertiary/aromatic N) is 1. The fourth-order valence-electron chi connectivity index (χ4n) is 1.52. The molecule has 1 aliphatic carbocycles. The van der Waals surface area contributed by atoms with Crippen molar-refractivity contribution < 1.29 is 19.1 Å². The lowest BCUT2D eigenvalue weighted by atomic mass is 10.3. The van der Waals surface area contributed by atoms with E-state index in [1.807, 2.05) is 0 Å². The molecule has 0 aromatic carbocycles. The summed E-state index contributed by atoms with van der Waals surface area (Å²) in [6.07, 6.45) is 3.41. The second-order valence-corrected chi connectivity index (χ2v) is 4.13. The molecule has 2 rings (SSSR count). The number of furan rings is 1. The molecule has 86 valence electrons. The highest BCUT2D eigenvalue weighted by molar-refractivity contribution is 5.95. The van der Waals surface area contributed by atoms with Gasteiger partial charge in [-0.25, -0.2) is 4.79 Å². The summed E-state index contributed by atoms with van der Waals surface area (Å²) in [4.78, 5) is 24.0. The Morgan fingerprint density at radius 3 is 2.75 bits per heavy atom. The van der Waals surface area contributed by atoms with E-state index in [-0.39, 0.29) is 17.2 Å². The van der Waals surface area contributed by atoms with E-state index in [2.05, 4.69) is 0 Å². The second-order valence-electron chi connectivity index (χ2n) is 4.13. The predicted molar refractivity (Wildman–Crippen MR) is 55.4 cm³/mol. The molecule has 0 aliphatic heterocycles. The van der Waals surface area contributed by atoms with Crippen molar-refractivity contribution in [1.82, 2.24) is 4.90 Å². The maximum atomic E-state index is 11.8. The van der Waals surface area contributed by atoms with E-state index in [0.29, 0.717) is 12.5 Å². The first-order chi connectivity index (χ1) is 7.58. The van der Waals surface area contributed by atoms with Crippen molar-refractivity contribution in [2.45, 2.75) is 12.8 Å². The van der Waals surface area contributed by atoms with Crippen LogP contribution in [0.2, 0.25) is 0 Å². The van der Waals surface area contributed by atoms with Gasteiger partial charge in [0.25, 0.3) is 5.91 Å². The molecule has 0 bridgehead atoms. The Morgan fingerprint density at radius 1 is 1.56 bits per heavy atom. The fraction of sp³-hybridized carbons (Fsp3) is 0.455. The smallest absolute Gasteiger partial charge is 0.338 e. The van der Waals surface area contributed by atoms with Crippen molar-refractivity contribution in [3.8, 4) is 0 Å². The van der Waals surface area contributed by atoms with Gasteiger partial charge >= 0.3 is 5.97 Å². The van der Waals surface area contributed by atoms with Crippen LogP contribution in [-0.4, -0.2) is 35.5 Å². The third-order valence-electron chi connectivity index (χ3n) is 2.63. The predicted octanol–water partition coefficient (Wildman–Crippen LogP) is 1.46. The van der Waals surface area contributed by atoms with Crippen molar-refractivity contribution >= 4 is 11.9 Å². The lowest BCUT2D eigenvalue weighted by Crippen LogP contribution is -2.28. The molecule has 1 aromatic rings. The van der Waals surface area contributed by atoms with E-state index >= 15 is 0 Å². The van der Waals surface area contributed by atoms with Crippen LogP contribution in [0, 0.1) is 5.92 Å². The summed E-state index contributed by atoms with van der Waals surface area (Å²) in [5.74, 6) is -0.671. The van der Waals surface area contributed by atoms with E-state index < -0.39 is 5.97 Å². The van der Waals surface area contributed by atoms with Crippen molar-refractivity contribution in [3.63, 3.8) is 0 Å². The Labute approximate surface area is 92.7 Å². The van der Waals surface area contributed by atoms with Crippen LogP contribution in [0.4, 0.5) is 0 Å². The summed E-state index contributed by atoms with van der Waals surface area (Å²) in [6, 6.07) is 1.26. The Balaban J connectivity index is 2.03. The van der Waals surface area contributed by atoms with Crippen LogP contribution in [0.1, 0.15) is 33.8 Å². The Morgan fingerprint density at radius 2 is 2.25 bits per heavy atom. The maximum Gasteiger partial charge on any atom is 0.338 e. The lowest BCUT2D eigenvalue weighted by Gasteiger charge is -2.14. The molecule has 1 fully saturated rings. The topological polar surface area (TPSA) is 70.8 Å². The lowest BCUT2D eigenvalue weighted by molar-refractivity contribution is 0.0695. The highest BCUT2D eigenvalue weighted by Gasteiger charge is 2.26.